The number of benzene rings is 4. The number of halogens is 5. The molecule has 0 saturated carbocycles. The van der Waals surface area contributed by atoms with E-state index in [1.807, 2.05) is 0 Å². The fourth-order valence-corrected chi connectivity index (χ4v) is 7.18. The van der Waals surface area contributed by atoms with E-state index in [0.29, 0.717) is 11.1 Å². The first-order valence-corrected chi connectivity index (χ1v) is 17.8. The Hall–Kier alpha value is -4.23. The summed E-state index contributed by atoms with van der Waals surface area (Å²) in [5, 5.41) is 11.2. The third kappa shape index (κ3) is 9.29. The molecule has 2 aliphatic rings. The van der Waals surface area contributed by atoms with E-state index in [-0.39, 0.29) is 77.2 Å². The second kappa shape index (κ2) is 16.8. The highest BCUT2D eigenvalue weighted by molar-refractivity contribution is 8.02. The molecule has 0 radical (unpaired) electrons. The summed E-state index contributed by atoms with van der Waals surface area (Å²) in [6, 6.07) is 11.2. The number of rotatable bonds is 12. The van der Waals surface area contributed by atoms with E-state index in [1.165, 1.54) is 62.6 Å². The molecule has 1 saturated heterocycles. The van der Waals surface area contributed by atoms with Crippen LogP contribution in [0.5, 0.6) is 0 Å². The Kier molecular flexibility index (Phi) is 9.27. The molecule has 0 bridgehead atoms. The van der Waals surface area contributed by atoms with Gasteiger partial charge >= 0.3 is 6.18 Å². The quantitative estimate of drug-likeness (QED) is 0.146. The zero-order chi connectivity index (χ0) is 44.8. The van der Waals surface area contributed by atoms with Gasteiger partial charge in [-0.1, -0.05) is 66.2 Å². The molecule has 12 heteroatoms. The maximum Gasteiger partial charge on any atom is 0.416 e. The number of ether oxygens (including phenoxy) is 1. The van der Waals surface area contributed by atoms with Gasteiger partial charge in [-0.2, -0.15) is 13.2 Å². The van der Waals surface area contributed by atoms with Crippen LogP contribution in [0.25, 0.3) is 11.1 Å². The lowest BCUT2D eigenvalue weighted by molar-refractivity contribution is -0.137. The molecule has 2 heterocycles. The molecule has 6 rings (SSSR count). The summed E-state index contributed by atoms with van der Waals surface area (Å²) in [6.07, 6.45) is -6.01. The van der Waals surface area contributed by atoms with Crippen molar-refractivity contribution in [2.24, 2.45) is 0 Å². The van der Waals surface area contributed by atoms with E-state index in [9.17, 15) is 34.6 Å². The van der Waals surface area contributed by atoms with Crippen LogP contribution in [0.1, 0.15) is 57.7 Å². The molecule has 1 unspecified atom stereocenters. The summed E-state index contributed by atoms with van der Waals surface area (Å²) in [5.74, 6) is -3.48. The van der Waals surface area contributed by atoms with Crippen LogP contribution in [0.2, 0.25) is 0 Å². The van der Waals surface area contributed by atoms with Crippen molar-refractivity contribution < 1.29 is 47.6 Å². The molecule has 6 nitrogen and oxygen atoms in total. The molecule has 1 atom stereocenters. The molecule has 1 N–H and O–H groups in total. The summed E-state index contributed by atoms with van der Waals surface area (Å²) < 4.78 is 144. The van der Waals surface area contributed by atoms with Crippen LogP contribution in [-0.4, -0.2) is 66.7 Å². The Morgan fingerprint density at radius 1 is 1.04 bits per heavy atom. The number of likely N-dealkylation sites (tertiary alicyclic amines) is 1. The van der Waals surface area contributed by atoms with E-state index in [1.54, 1.807) is 4.90 Å². The molecule has 1 fully saturated rings. The first-order chi connectivity index (χ1) is 28.6. The lowest BCUT2D eigenvalue weighted by Crippen LogP contribution is -2.50. The Balaban J connectivity index is 1.40. The number of methoxy groups -OCH3 is 1. The van der Waals surface area contributed by atoms with Gasteiger partial charge in [-0.15, -0.1) is 11.8 Å². The van der Waals surface area contributed by atoms with Crippen LogP contribution in [0.3, 0.4) is 0 Å². The predicted octanol–water partition coefficient (Wildman–Crippen LogP) is 8.73. The third-order valence-electron chi connectivity index (χ3n) is 8.99. The van der Waals surface area contributed by atoms with Crippen molar-refractivity contribution >= 4 is 23.4 Å². The number of amides is 1. The number of piperidine rings is 1. The van der Waals surface area contributed by atoms with Crippen LogP contribution in [0.4, 0.5) is 27.6 Å². The average Bonchev–Trinajstić information content (AvgIpc) is 3.22. The largest absolute Gasteiger partial charge is 0.416 e. The third-order valence-corrected chi connectivity index (χ3v) is 10.1. The van der Waals surface area contributed by atoms with Crippen molar-refractivity contribution in [3.05, 3.63) is 135 Å². The number of fused-ring (bicyclic) bond motifs is 1. The fourth-order valence-electron chi connectivity index (χ4n) is 6.16. The van der Waals surface area contributed by atoms with Crippen molar-refractivity contribution in [2.75, 3.05) is 44.7 Å². The zero-order valence-electron chi connectivity index (χ0n) is 36.9. The van der Waals surface area contributed by atoms with Crippen molar-refractivity contribution in [3.8, 4) is 11.1 Å². The minimum absolute atomic E-state index is 0.00396. The van der Waals surface area contributed by atoms with Gasteiger partial charge in [0.05, 0.1) is 28.1 Å². The van der Waals surface area contributed by atoms with E-state index < -0.39 is 79.2 Å². The number of nitrogens with zero attached hydrogens (tertiary/aromatic N) is 3. The smallest absolute Gasteiger partial charge is 0.384 e. The van der Waals surface area contributed by atoms with Crippen molar-refractivity contribution in [2.45, 2.75) is 50.3 Å². The normalized spacial score (nSPS) is 19.6. The number of aliphatic hydroxyl groups excluding tert-OH is 1. The van der Waals surface area contributed by atoms with Gasteiger partial charge in [0.1, 0.15) is 12.6 Å². The van der Waals surface area contributed by atoms with Gasteiger partial charge in [-0.3, -0.25) is 4.79 Å². The number of carbonyl (C=O) groups is 1. The summed E-state index contributed by atoms with van der Waals surface area (Å²) in [6.45, 7) is -3.60. The maximum absolute atomic E-state index is 15.0. The number of hydrogen-bond acceptors (Lipinski definition) is 6. The van der Waals surface area contributed by atoms with Crippen LogP contribution in [-0.2, 0) is 28.0 Å². The average molecular weight is 760 g/mol. The van der Waals surface area contributed by atoms with Crippen molar-refractivity contribution in [1.29, 1.82) is 0 Å². The molecule has 280 valence electrons. The van der Waals surface area contributed by atoms with Crippen LogP contribution in [0, 0.1) is 18.6 Å². The number of aliphatic hydroxyl groups is 1. The highest BCUT2D eigenvalue weighted by Crippen LogP contribution is 2.41. The second-order valence-corrected chi connectivity index (χ2v) is 13.5. The Morgan fingerprint density at radius 2 is 1.72 bits per heavy atom. The summed E-state index contributed by atoms with van der Waals surface area (Å²) >= 11 is 0.749. The van der Waals surface area contributed by atoms with Crippen molar-refractivity contribution in [3.63, 3.8) is 0 Å². The van der Waals surface area contributed by atoms with Crippen LogP contribution < -0.4 is 4.90 Å². The van der Waals surface area contributed by atoms with E-state index in [4.69, 9.17) is 13.0 Å². The number of thioether (sulfide) groups is 1. The zero-order valence-corrected chi connectivity index (χ0v) is 29.7. The first-order valence-electron chi connectivity index (χ1n) is 20.8. The van der Waals surface area contributed by atoms with Gasteiger partial charge in [0.25, 0.3) is 0 Å². The van der Waals surface area contributed by atoms with Gasteiger partial charge in [0.2, 0.25) is 5.91 Å². The Labute approximate surface area is 322 Å². The number of carbonyl (C=O) groups excluding carboxylic acids is 1. The van der Waals surface area contributed by atoms with Gasteiger partial charge in [-0.05, 0) is 66.7 Å². The lowest BCUT2D eigenvalue weighted by atomic mass is 9.99. The van der Waals surface area contributed by atoms with E-state index in [0.717, 1.165) is 39.8 Å². The standard InChI is InChI=1S/C41H42F5N3O3S/c1-27-6-15-36-34(22-27)37(50)23-39(53-26-31-4-3-5-35(42)40(31)43)49(36)25-38(51)48(33-16-18-47(19-17-33)20-21-52-2)24-28-7-9-29(10-8-28)30-11-13-32(14-12-30)41(44,45)46/h3-15,22-23,33,37,50H,16-21,24-26H2,1-2H3/i6D,15D,21D2,22D,23D,24D2. The minimum Gasteiger partial charge on any atom is -0.384 e. The molecule has 1 amide bonds. The topological polar surface area (TPSA) is 56.3 Å². The molecule has 4 aromatic carbocycles. The Morgan fingerprint density at radius 3 is 2.38 bits per heavy atom. The summed E-state index contributed by atoms with van der Waals surface area (Å²) in [5.41, 5.74) is -0.518. The maximum atomic E-state index is 15.0. The minimum atomic E-state index is -4.54. The fraction of sp³-hybridized carbons (Fsp3) is 0.341. The molecule has 0 aromatic heterocycles. The highest BCUT2D eigenvalue weighted by Gasteiger charge is 2.33. The highest BCUT2D eigenvalue weighted by atomic mass is 32.2. The number of hydrogen-bond donors (Lipinski definition) is 1. The summed E-state index contributed by atoms with van der Waals surface area (Å²) in [4.78, 5) is 18.9. The van der Waals surface area contributed by atoms with Gasteiger partial charge in [0.15, 0.2) is 11.6 Å². The van der Waals surface area contributed by atoms with Gasteiger partial charge in [-0.25, -0.2) is 8.78 Å². The van der Waals surface area contributed by atoms with E-state index in [2.05, 4.69) is 0 Å². The molecule has 2 aliphatic heterocycles. The van der Waals surface area contributed by atoms with Gasteiger partial charge < -0.3 is 24.5 Å². The molecule has 53 heavy (non-hydrogen) atoms. The molecular weight excluding hydrogens is 710 g/mol. The Bertz CT molecular complexity index is 2310. The summed E-state index contributed by atoms with van der Waals surface area (Å²) in [7, 11) is 1.23. The molecule has 4 aromatic rings. The molecular formula is C41H42F5N3O3S. The van der Waals surface area contributed by atoms with Crippen LogP contribution >= 0.6 is 11.8 Å². The van der Waals surface area contributed by atoms with Gasteiger partial charge in [0, 0.05) is 61.8 Å². The van der Waals surface area contributed by atoms with Crippen molar-refractivity contribution in [1.82, 2.24) is 9.80 Å². The molecule has 0 spiro atoms. The number of anilines is 1. The monoisotopic (exact) mass is 759 g/mol. The van der Waals surface area contributed by atoms with Crippen LogP contribution in [0.15, 0.2) is 95.9 Å². The second-order valence-electron chi connectivity index (χ2n) is 12.6. The number of alkyl halides is 3. The van der Waals surface area contributed by atoms with E-state index >= 15 is 0 Å². The first kappa shape index (κ1) is 29.2. The molecule has 0 aliphatic carbocycles. The predicted molar refractivity (Wildman–Crippen MR) is 198 cm³/mol. The lowest BCUT2D eigenvalue weighted by Gasteiger charge is -2.40. The SMILES string of the molecule is [2H]C1=C(SCc2cccc(F)c2F)N(CC(=O)N(C2CCN(CC([2H])([2H])OC)CC2)C([2H])([2H])c2ccc(-c3ccc(C(F)(F)F)cc3)cc2)c2c([2H])c([2H])c(C)c([2H])c2C1O.